The summed E-state index contributed by atoms with van der Waals surface area (Å²) in [4.78, 5) is 0. The Hall–Kier alpha value is -0.840. The Morgan fingerprint density at radius 3 is 2.08 bits per heavy atom. The molecule has 0 fully saturated rings. The Morgan fingerprint density at radius 1 is 1.17 bits per heavy atom. The molecule has 0 saturated heterocycles. The van der Waals surface area contributed by atoms with Crippen LogP contribution in [0.25, 0.3) is 0 Å². The zero-order valence-electron chi connectivity index (χ0n) is 5.94. The van der Waals surface area contributed by atoms with E-state index in [0.29, 0.717) is 6.42 Å². The first-order chi connectivity index (χ1) is 5.41. The fourth-order valence-electron chi connectivity index (χ4n) is 0.837. The third-order valence-corrected chi connectivity index (χ3v) is 1.23. The highest BCUT2D eigenvalue weighted by molar-refractivity contribution is 5.15. The van der Waals surface area contributed by atoms with Crippen LogP contribution in [0.5, 0.6) is 0 Å². The number of hydrogen-bond donors (Lipinski definition) is 0. The second-order valence-electron chi connectivity index (χ2n) is 2.29. The van der Waals surface area contributed by atoms with Crippen molar-refractivity contribution in [2.24, 2.45) is 0 Å². The summed E-state index contributed by atoms with van der Waals surface area (Å²) in [6.07, 6.45) is -0.522. The maximum atomic E-state index is 13.0. The second-order valence-corrected chi connectivity index (χ2v) is 2.29. The first kappa shape index (κ1) is 9.25. The third kappa shape index (κ3) is 2.65. The third-order valence-electron chi connectivity index (χ3n) is 1.23. The van der Waals surface area contributed by atoms with Crippen molar-refractivity contribution in [2.45, 2.75) is 18.6 Å². The van der Waals surface area contributed by atoms with Crippen molar-refractivity contribution < 1.29 is 22.3 Å². The molecule has 0 unspecified atom stereocenters. The van der Waals surface area contributed by atoms with Crippen LogP contribution in [-0.2, 0) is 4.74 Å². The highest BCUT2D eigenvalue weighted by Gasteiger charge is 2.41. The molecule has 1 nitrogen and oxygen atoms in total. The van der Waals surface area contributed by atoms with Gasteiger partial charge < -0.3 is 0 Å². The number of rotatable bonds is 1. The Kier molecular flexibility index (Phi) is 2.23. The summed E-state index contributed by atoms with van der Waals surface area (Å²) in [5.74, 6) is -2.82. The van der Waals surface area contributed by atoms with Crippen LogP contribution in [0.1, 0.15) is 6.42 Å². The molecule has 5 heteroatoms. The van der Waals surface area contributed by atoms with Gasteiger partial charge in [0.25, 0.3) is 5.85 Å². The van der Waals surface area contributed by atoms with Crippen molar-refractivity contribution in [3.63, 3.8) is 0 Å². The van der Waals surface area contributed by atoms with Crippen molar-refractivity contribution in [3.05, 3.63) is 24.3 Å². The molecule has 1 aliphatic rings. The molecule has 0 bridgehead atoms. The van der Waals surface area contributed by atoms with Crippen LogP contribution in [0.2, 0.25) is 0 Å². The van der Waals surface area contributed by atoms with Gasteiger partial charge in [0.1, 0.15) is 0 Å². The van der Waals surface area contributed by atoms with Crippen LogP contribution in [0.4, 0.5) is 17.6 Å². The lowest BCUT2D eigenvalue weighted by molar-refractivity contribution is -0.370. The lowest BCUT2D eigenvalue weighted by atomic mass is 10.1. The van der Waals surface area contributed by atoms with E-state index in [9.17, 15) is 17.6 Å². The van der Waals surface area contributed by atoms with Gasteiger partial charge >= 0.3 is 6.36 Å². The SMILES string of the molecule is FC(F)(F)OC1(F)C=CCC=C1. The number of halogens is 4. The molecular weight excluding hydrogens is 176 g/mol. The Bertz CT molecular complexity index is 204. The van der Waals surface area contributed by atoms with Crippen LogP contribution in [0.3, 0.4) is 0 Å². The molecule has 0 N–H and O–H groups in total. The van der Waals surface area contributed by atoms with Crippen LogP contribution in [0, 0.1) is 0 Å². The van der Waals surface area contributed by atoms with Gasteiger partial charge in [-0.15, -0.1) is 13.2 Å². The van der Waals surface area contributed by atoms with Gasteiger partial charge in [-0.25, -0.2) is 9.13 Å². The van der Waals surface area contributed by atoms with Crippen LogP contribution < -0.4 is 0 Å². The molecule has 0 atom stereocenters. The molecule has 0 amide bonds. The molecule has 0 aromatic heterocycles. The van der Waals surface area contributed by atoms with Gasteiger partial charge in [-0.3, -0.25) is 0 Å². The van der Waals surface area contributed by atoms with E-state index in [2.05, 4.69) is 4.74 Å². The number of allylic oxidation sites excluding steroid dienone is 2. The molecule has 1 rings (SSSR count). The first-order valence-corrected chi connectivity index (χ1v) is 3.22. The molecule has 0 aromatic rings. The Morgan fingerprint density at radius 2 is 1.67 bits per heavy atom. The molecule has 0 aliphatic heterocycles. The van der Waals surface area contributed by atoms with E-state index in [1.807, 2.05) is 0 Å². The van der Waals surface area contributed by atoms with E-state index in [-0.39, 0.29) is 0 Å². The summed E-state index contributed by atoms with van der Waals surface area (Å²) in [6, 6.07) is 0. The zero-order valence-corrected chi connectivity index (χ0v) is 5.94. The molecule has 12 heavy (non-hydrogen) atoms. The van der Waals surface area contributed by atoms with Crippen LogP contribution in [-0.4, -0.2) is 12.2 Å². The number of alkyl halides is 4. The van der Waals surface area contributed by atoms with E-state index in [4.69, 9.17) is 0 Å². The van der Waals surface area contributed by atoms with Gasteiger partial charge in [0.2, 0.25) is 0 Å². The molecule has 68 valence electrons. The topological polar surface area (TPSA) is 9.23 Å². The van der Waals surface area contributed by atoms with E-state index in [1.54, 1.807) is 0 Å². The van der Waals surface area contributed by atoms with Crippen molar-refractivity contribution in [2.75, 3.05) is 0 Å². The molecule has 0 radical (unpaired) electrons. The smallest absolute Gasteiger partial charge is 0.247 e. The maximum absolute atomic E-state index is 13.0. The summed E-state index contributed by atoms with van der Waals surface area (Å²) in [6.45, 7) is 0. The van der Waals surface area contributed by atoms with Gasteiger partial charge in [0, 0.05) is 0 Å². The van der Waals surface area contributed by atoms with Gasteiger partial charge in [-0.1, -0.05) is 12.2 Å². The van der Waals surface area contributed by atoms with Crippen molar-refractivity contribution in [3.8, 4) is 0 Å². The molecule has 0 spiro atoms. The zero-order chi connectivity index (χ0) is 9.24. The summed E-state index contributed by atoms with van der Waals surface area (Å²) in [5, 5.41) is 0. The molecule has 1 aliphatic carbocycles. The van der Waals surface area contributed by atoms with Crippen LogP contribution in [0.15, 0.2) is 24.3 Å². The minimum Gasteiger partial charge on any atom is -0.247 e. The molecular formula is C7H6F4O. The minimum absolute atomic E-state index is 0.423. The minimum atomic E-state index is -4.96. The van der Waals surface area contributed by atoms with Gasteiger partial charge in [0.15, 0.2) is 0 Å². The van der Waals surface area contributed by atoms with Crippen LogP contribution >= 0.6 is 0 Å². The average Bonchev–Trinajstić information content (AvgIpc) is 1.83. The van der Waals surface area contributed by atoms with E-state index >= 15 is 0 Å². The quantitative estimate of drug-likeness (QED) is 0.447. The molecule has 0 aromatic carbocycles. The van der Waals surface area contributed by atoms with Crippen molar-refractivity contribution in [1.82, 2.24) is 0 Å². The standard InChI is InChI=1S/C7H6F4O/c8-6(12-7(9,10)11)4-2-1-3-5-6/h2-5H,1H2. The average molecular weight is 182 g/mol. The monoisotopic (exact) mass is 182 g/mol. The number of ether oxygens (including phenoxy) is 1. The predicted molar refractivity (Wildman–Crippen MR) is 33.9 cm³/mol. The van der Waals surface area contributed by atoms with E-state index in [1.165, 1.54) is 12.2 Å². The largest absolute Gasteiger partial charge is 0.525 e. The normalized spacial score (nSPS) is 21.3. The van der Waals surface area contributed by atoms with E-state index < -0.39 is 12.2 Å². The lowest BCUT2D eigenvalue weighted by Gasteiger charge is -2.21. The molecule has 0 saturated carbocycles. The van der Waals surface area contributed by atoms with E-state index in [0.717, 1.165) is 12.2 Å². The lowest BCUT2D eigenvalue weighted by Crippen LogP contribution is -2.30. The fraction of sp³-hybridized carbons (Fsp3) is 0.429. The summed E-state index contributed by atoms with van der Waals surface area (Å²) in [7, 11) is 0. The number of hydrogen-bond acceptors (Lipinski definition) is 1. The highest BCUT2D eigenvalue weighted by atomic mass is 19.4. The summed E-state index contributed by atoms with van der Waals surface area (Å²) < 4.78 is 50.8. The fourth-order valence-corrected chi connectivity index (χ4v) is 0.837. The predicted octanol–water partition coefficient (Wildman–Crippen LogP) is 2.70. The van der Waals surface area contributed by atoms with Gasteiger partial charge in [-0.05, 0) is 18.6 Å². The molecule has 0 heterocycles. The second kappa shape index (κ2) is 2.90. The van der Waals surface area contributed by atoms with Gasteiger partial charge in [-0.2, -0.15) is 0 Å². The summed E-state index contributed by atoms with van der Waals surface area (Å²) in [5.41, 5.74) is 0. The summed E-state index contributed by atoms with van der Waals surface area (Å²) >= 11 is 0. The van der Waals surface area contributed by atoms with Gasteiger partial charge in [0.05, 0.1) is 0 Å². The highest BCUT2D eigenvalue weighted by Crippen LogP contribution is 2.30. The van der Waals surface area contributed by atoms with Crippen molar-refractivity contribution >= 4 is 0 Å². The first-order valence-electron chi connectivity index (χ1n) is 3.22. The Labute approximate surface area is 66.3 Å². The maximum Gasteiger partial charge on any atom is 0.525 e. The Balaban J connectivity index is 2.66. The van der Waals surface area contributed by atoms with Crippen molar-refractivity contribution in [1.29, 1.82) is 0 Å².